The minimum Gasteiger partial charge on any atom is -0.381 e. The summed E-state index contributed by atoms with van der Waals surface area (Å²) in [7, 11) is 3.86. The first kappa shape index (κ1) is 18.6. The van der Waals surface area contributed by atoms with E-state index < -0.39 is 0 Å². The summed E-state index contributed by atoms with van der Waals surface area (Å²) in [5.41, 5.74) is 1.31. The van der Waals surface area contributed by atoms with Crippen molar-refractivity contribution in [1.82, 2.24) is 15.2 Å². The van der Waals surface area contributed by atoms with Crippen LogP contribution >= 0.6 is 35.3 Å². The summed E-state index contributed by atoms with van der Waals surface area (Å²) >= 11 is 1.68. The molecule has 1 aromatic rings. The van der Waals surface area contributed by atoms with E-state index in [0.29, 0.717) is 0 Å². The Kier molecular flexibility index (Phi) is 7.35. The summed E-state index contributed by atoms with van der Waals surface area (Å²) in [6.07, 6.45) is 1.10. The molecule has 1 aromatic heterocycles. The van der Waals surface area contributed by atoms with Gasteiger partial charge in [0, 0.05) is 38.0 Å². The molecule has 2 rings (SSSR count). The molecule has 0 aromatic carbocycles. The molecular formula is C14H25IN4OS. The number of rotatable bonds is 4. The van der Waals surface area contributed by atoms with Gasteiger partial charge in [0.15, 0.2) is 5.96 Å². The normalized spacial score (nSPS) is 22.0. The fourth-order valence-corrected chi connectivity index (χ4v) is 2.93. The lowest BCUT2D eigenvalue weighted by molar-refractivity contribution is 0.160. The fourth-order valence-electron chi connectivity index (χ4n) is 2.32. The van der Waals surface area contributed by atoms with Crippen molar-refractivity contribution in [3.8, 4) is 0 Å². The van der Waals surface area contributed by atoms with Crippen LogP contribution in [-0.2, 0) is 11.3 Å². The SMILES string of the molecule is CN=C(NCC1(C)CCOC1)N(C)Cc1csc(C)n1.I. The third-order valence-electron chi connectivity index (χ3n) is 3.61. The van der Waals surface area contributed by atoms with E-state index in [2.05, 4.69) is 32.5 Å². The van der Waals surface area contributed by atoms with Gasteiger partial charge in [-0.25, -0.2) is 4.98 Å². The van der Waals surface area contributed by atoms with Crippen LogP contribution < -0.4 is 5.32 Å². The number of ether oxygens (including phenoxy) is 1. The average molecular weight is 424 g/mol. The molecule has 1 aliphatic heterocycles. The molecule has 5 nitrogen and oxygen atoms in total. The third kappa shape index (κ3) is 5.37. The lowest BCUT2D eigenvalue weighted by Gasteiger charge is -2.27. The standard InChI is InChI=1S/C14H24N4OS.HI/c1-11-17-12(8-20-11)7-18(4)13(15-3)16-9-14(2)5-6-19-10-14;/h8H,5-7,9-10H2,1-4H3,(H,15,16);1H. The van der Waals surface area contributed by atoms with Crippen LogP contribution in [0.4, 0.5) is 0 Å². The number of aromatic nitrogens is 1. The molecule has 1 atom stereocenters. The molecule has 120 valence electrons. The number of nitrogens with one attached hydrogen (secondary N) is 1. The van der Waals surface area contributed by atoms with E-state index in [-0.39, 0.29) is 29.4 Å². The van der Waals surface area contributed by atoms with Crippen molar-refractivity contribution < 1.29 is 4.74 Å². The summed E-state index contributed by atoms with van der Waals surface area (Å²) < 4.78 is 5.48. The molecule has 21 heavy (non-hydrogen) atoms. The minimum absolute atomic E-state index is 0. The maximum absolute atomic E-state index is 5.48. The second kappa shape index (κ2) is 8.28. The van der Waals surface area contributed by atoms with Gasteiger partial charge in [0.1, 0.15) is 0 Å². The monoisotopic (exact) mass is 424 g/mol. The van der Waals surface area contributed by atoms with E-state index >= 15 is 0 Å². The van der Waals surface area contributed by atoms with Gasteiger partial charge in [0.2, 0.25) is 0 Å². The Labute approximate surface area is 148 Å². The molecule has 0 spiro atoms. The molecule has 0 aliphatic carbocycles. The molecule has 1 fully saturated rings. The number of guanidine groups is 1. The van der Waals surface area contributed by atoms with Gasteiger partial charge in [-0.3, -0.25) is 4.99 Å². The van der Waals surface area contributed by atoms with Gasteiger partial charge in [-0.2, -0.15) is 0 Å². The van der Waals surface area contributed by atoms with Gasteiger partial charge in [0.05, 0.1) is 23.9 Å². The topological polar surface area (TPSA) is 49.8 Å². The second-order valence-corrected chi connectivity index (χ2v) is 6.79. The van der Waals surface area contributed by atoms with Crippen molar-refractivity contribution in [2.45, 2.75) is 26.8 Å². The third-order valence-corrected chi connectivity index (χ3v) is 4.44. The van der Waals surface area contributed by atoms with Crippen LogP contribution in [0.25, 0.3) is 0 Å². The Balaban J connectivity index is 0.00000220. The van der Waals surface area contributed by atoms with Crippen LogP contribution in [0.15, 0.2) is 10.4 Å². The van der Waals surface area contributed by atoms with Crippen LogP contribution in [-0.4, -0.2) is 49.7 Å². The number of hydrogen-bond acceptors (Lipinski definition) is 4. The fraction of sp³-hybridized carbons (Fsp3) is 0.714. The molecule has 1 N–H and O–H groups in total. The van der Waals surface area contributed by atoms with Gasteiger partial charge in [0.25, 0.3) is 0 Å². The first-order valence-electron chi connectivity index (χ1n) is 6.93. The Morgan fingerprint density at radius 2 is 2.38 bits per heavy atom. The van der Waals surface area contributed by atoms with E-state index in [1.807, 2.05) is 21.0 Å². The number of aryl methyl sites for hydroxylation is 1. The number of aliphatic imine (C=N–C) groups is 1. The Bertz CT molecular complexity index is 471. The van der Waals surface area contributed by atoms with E-state index in [4.69, 9.17) is 4.74 Å². The van der Waals surface area contributed by atoms with Gasteiger partial charge in [-0.1, -0.05) is 6.92 Å². The van der Waals surface area contributed by atoms with E-state index in [0.717, 1.165) is 49.4 Å². The second-order valence-electron chi connectivity index (χ2n) is 5.73. The summed E-state index contributed by atoms with van der Waals surface area (Å²) in [6, 6.07) is 0. The minimum atomic E-state index is 0. The number of nitrogens with zero attached hydrogens (tertiary/aromatic N) is 3. The Hall–Kier alpha value is -0.410. The molecular weight excluding hydrogens is 399 g/mol. The average Bonchev–Trinajstić information content (AvgIpc) is 3.00. The highest BCUT2D eigenvalue weighted by molar-refractivity contribution is 14.0. The van der Waals surface area contributed by atoms with Crippen LogP contribution in [0.5, 0.6) is 0 Å². The van der Waals surface area contributed by atoms with E-state index in [1.165, 1.54) is 0 Å². The molecule has 0 amide bonds. The lowest BCUT2D eigenvalue weighted by atomic mass is 9.90. The Morgan fingerprint density at radius 1 is 1.62 bits per heavy atom. The number of halogens is 1. The van der Waals surface area contributed by atoms with Crippen molar-refractivity contribution >= 4 is 41.3 Å². The van der Waals surface area contributed by atoms with Crippen LogP contribution in [0.3, 0.4) is 0 Å². The molecule has 0 saturated carbocycles. The van der Waals surface area contributed by atoms with Crippen molar-refractivity contribution in [3.05, 3.63) is 16.1 Å². The van der Waals surface area contributed by atoms with Gasteiger partial charge in [-0.15, -0.1) is 35.3 Å². The van der Waals surface area contributed by atoms with Crippen molar-refractivity contribution in [1.29, 1.82) is 0 Å². The first-order valence-corrected chi connectivity index (χ1v) is 7.81. The maximum Gasteiger partial charge on any atom is 0.193 e. The molecule has 7 heteroatoms. The van der Waals surface area contributed by atoms with Gasteiger partial charge in [-0.05, 0) is 13.3 Å². The molecule has 1 aliphatic rings. The van der Waals surface area contributed by atoms with Crippen molar-refractivity contribution in [2.75, 3.05) is 33.9 Å². The molecule has 0 bridgehead atoms. The molecule has 1 unspecified atom stereocenters. The number of thiazole rings is 1. The molecule has 0 radical (unpaired) electrons. The summed E-state index contributed by atoms with van der Waals surface area (Å²) in [6.45, 7) is 7.64. The maximum atomic E-state index is 5.48. The van der Waals surface area contributed by atoms with Gasteiger partial charge >= 0.3 is 0 Å². The van der Waals surface area contributed by atoms with Crippen molar-refractivity contribution in [2.24, 2.45) is 10.4 Å². The molecule has 2 heterocycles. The van der Waals surface area contributed by atoms with E-state index in [9.17, 15) is 0 Å². The zero-order chi connectivity index (χ0) is 14.6. The predicted octanol–water partition coefficient (Wildman–Crippen LogP) is 2.50. The van der Waals surface area contributed by atoms with Gasteiger partial charge < -0.3 is 15.0 Å². The first-order chi connectivity index (χ1) is 9.52. The van der Waals surface area contributed by atoms with Crippen LogP contribution in [0.1, 0.15) is 24.0 Å². The zero-order valence-electron chi connectivity index (χ0n) is 13.2. The van der Waals surface area contributed by atoms with Crippen LogP contribution in [0.2, 0.25) is 0 Å². The smallest absolute Gasteiger partial charge is 0.193 e. The summed E-state index contributed by atoms with van der Waals surface area (Å²) in [5, 5.41) is 6.66. The van der Waals surface area contributed by atoms with E-state index in [1.54, 1.807) is 11.3 Å². The summed E-state index contributed by atoms with van der Waals surface area (Å²) in [5.74, 6) is 0.906. The highest BCUT2D eigenvalue weighted by Crippen LogP contribution is 2.26. The highest BCUT2D eigenvalue weighted by Gasteiger charge is 2.30. The summed E-state index contributed by atoms with van der Waals surface area (Å²) in [4.78, 5) is 10.9. The molecule has 1 saturated heterocycles. The quantitative estimate of drug-likeness (QED) is 0.459. The lowest BCUT2D eigenvalue weighted by Crippen LogP contribution is -2.43. The van der Waals surface area contributed by atoms with Crippen LogP contribution in [0, 0.1) is 12.3 Å². The predicted molar refractivity (Wildman–Crippen MR) is 98.6 cm³/mol. The Morgan fingerprint density at radius 3 is 2.90 bits per heavy atom. The highest BCUT2D eigenvalue weighted by atomic mass is 127. The largest absolute Gasteiger partial charge is 0.381 e. The van der Waals surface area contributed by atoms with Crippen molar-refractivity contribution in [3.63, 3.8) is 0 Å². The number of hydrogen-bond donors (Lipinski definition) is 1. The zero-order valence-corrected chi connectivity index (χ0v) is 16.3.